The van der Waals surface area contributed by atoms with E-state index in [9.17, 15) is 13.6 Å². The minimum Gasteiger partial charge on any atom is -0.465 e. The van der Waals surface area contributed by atoms with Gasteiger partial charge in [-0.15, -0.1) is 0 Å². The Labute approximate surface area is 114 Å². The molecule has 4 nitrogen and oxygen atoms in total. The van der Waals surface area contributed by atoms with Gasteiger partial charge < -0.3 is 10.1 Å². The van der Waals surface area contributed by atoms with E-state index in [1.54, 1.807) is 12.1 Å². The van der Waals surface area contributed by atoms with Crippen LogP contribution in [0.15, 0.2) is 36.5 Å². The Morgan fingerprint density at radius 3 is 2.75 bits per heavy atom. The number of anilines is 1. The first-order valence-corrected chi connectivity index (χ1v) is 5.83. The Morgan fingerprint density at radius 2 is 2.10 bits per heavy atom. The van der Waals surface area contributed by atoms with E-state index in [1.807, 2.05) is 0 Å². The lowest BCUT2D eigenvalue weighted by molar-refractivity contribution is 0.0600. The second-order valence-corrected chi connectivity index (χ2v) is 3.98. The summed E-state index contributed by atoms with van der Waals surface area (Å²) in [5.74, 6) is -2.32. The lowest BCUT2D eigenvalue weighted by atomic mass is 10.2. The number of carbonyl (C=O) groups is 1. The number of hydrogen-bond acceptors (Lipinski definition) is 4. The molecule has 0 aliphatic carbocycles. The van der Waals surface area contributed by atoms with Crippen LogP contribution in [0, 0.1) is 11.6 Å². The molecule has 2 aromatic rings. The number of halogens is 2. The molecule has 0 radical (unpaired) electrons. The van der Waals surface area contributed by atoms with E-state index in [4.69, 9.17) is 0 Å². The molecule has 0 atom stereocenters. The van der Waals surface area contributed by atoms with Crippen LogP contribution in [0.25, 0.3) is 0 Å². The Hall–Kier alpha value is -2.50. The molecule has 2 rings (SSSR count). The summed E-state index contributed by atoms with van der Waals surface area (Å²) in [5, 5.41) is 2.74. The van der Waals surface area contributed by atoms with Crippen molar-refractivity contribution in [2.24, 2.45) is 0 Å². The molecule has 0 spiro atoms. The summed E-state index contributed by atoms with van der Waals surface area (Å²) in [7, 11) is 1.28. The first kappa shape index (κ1) is 13.9. The molecule has 1 heterocycles. The summed E-state index contributed by atoms with van der Waals surface area (Å²) >= 11 is 0. The van der Waals surface area contributed by atoms with Gasteiger partial charge >= 0.3 is 5.97 Å². The maximum Gasteiger partial charge on any atom is 0.339 e. The van der Waals surface area contributed by atoms with Gasteiger partial charge in [0.1, 0.15) is 0 Å². The van der Waals surface area contributed by atoms with E-state index in [2.05, 4.69) is 15.0 Å². The van der Waals surface area contributed by atoms with Gasteiger partial charge in [0.25, 0.3) is 0 Å². The van der Waals surface area contributed by atoms with Gasteiger partial charge in [0, 0.05) is 6.20 Å². The van der Waals surface area contributed by atoms with Crippen molar-refractivity contribution in [1.29, 1.82) is 0 Å². The van der Waals surface area contributed by atoms with E-state index in [-0.39, 0.29) is 12.2 Å². The summed E-state index contributed by atoms with van der Waals surface area (Å²) in [4.78, 5) is 15.3. The van der Waals surface area contributed by atoms with Gasteiger partial charge in [-0.3, -0.25) is 4.98 Å². The highest BCUT2D eigenvalue weighted by Gasteiger charge is 2.08. The second kappa shape index (κ2) is 6.10. The van der Waals surface area contributed by atoms with Gasteiger partial charge in [0.2, 0.25) is 0 Å². The van der Waals surface area contributed by atoms with Crippen molar-refractivity contribution in [2.75, 3.05) is 12.4 Å². The van der Waals surface area contributed by atoms with Crippen LogP contribution in [-0.4, -0.2) is 18.1 Å². The maximum atomic E-state index is 13.4. The van der Waals surface area contributed by atoms with Crippen LogP contribution in [-0.2, 0) is 11.3 Å². The van der Waals surface area contributed by atoms with Crippen molar-refractivity contribution < 1.29 is 18.3 Å². The molecule has 0 amide bonds. The smallest absolute Gasteiger partial charge is 0.339 e. The number of methoxy groups -OCH3 is 1. The van der Waals surface area contributed by atoms with Crippen LogP contribution in [0.1, 0.15) is 16.1 Å². The predicted molar refractivity (Wildman–Crippen MR) is 69.3 cm³/mol. The molecule has 20 heavy (non-hydrogen) atoms. The Bertz CT molecular complexity index is 615. The number of hydrogen-bond donors (Lipinski definition) is 1. The highest BCUT2D eigenvalue weighted by Crippen LogP contribution is 2.17. The molecule has 0 bridgehead atoms. The second-order valence-electron chi connectivity index (χ2n) is 3.98. The summed E-state index contributed by atoms with van der Waals surface area (Å²) in [6.07, 6.45) is 1.37. The Balaban J connectivity index is 2.04. The number of aromatic nitrogens is 1. The fourth-order valence-corrected chi connectivity index (χ4v) is 1.59. The lowest BCUT2D eigenvalue weighted by Gasteiger charge is -2.07. The number of nitrogens with one attached hydrogen (secondary N) is 1. The largest absolute Gasteiger partial charge is 0.465 e. The Morgan fingerprint density at radius 1 is 1.30 bits per heavy atom. The van der Waals surface area contributed by atoms with Gasteiger partial charge in [-0.25, -0.2) is 13.6 Å². The van der Waals surface area contributed by atoms with Crippen molar-refractivity contribution >= 4 is 11.7 Å². The SMILES string of the molecule is COC(=O)c1ccc(CNc2cccc(F)c2F)nc1. The lowest BCUT2D eigenvalue weighted by Crippen LogP contribution is -2.06. The molecule has 1 aromatic heterocycles. The number of benzene rings is 1. The zero-order chi connectivity index (χ0) is 14.5. The molecule has 0 saturated heterocycles. The normalized spacial score (nSPS) is 10.2. The van der Waals surface area contributed by atoms with Crippen molar-refractivity contribution in [2.45, 2.75) is 6.54 Å². The van der Waals surface area contributed by atoms with E-state index < -0.39 is 17.6 Å². The third-order valence-corrected chi connectivity index (χ3v) is 2.66. The van der Waals surface area contributed by atoms with E-state index in [0.717, 1.165) is 6.07 Å². The molecule has 0 saturated carbocycles. The molecule has 1 aromatic carbocycles. The minimum absolute atomic E-state index is 0.0591. The van der Waals surface area contributed by atoms with Crippen molar-refractivity contribution in [3.8, 4) is 0 Å². The molecule has 0 aliphatic heterocycles. The minimum atomic E-state index is -0.932. The topological polar surface area (TPSA) is 51.2 Å². The highest BCUT2D eigenvalue weighted by molar-refractivity contribution is 5.88. The summed E-state index contributed by atoms with van der Waals surface area (Å²) in [5.41, 5.74) is 0.971. The number of carbonyl (C=O) groups excluding carboxylic acids is 1. The number of rotatable bonds is 4. The van der Waals surface area contributed by atoms with Crippen LogP contribution in [0.4, 0.5) is 14.5 Å². The fourth-order valence-electron chi connectivity index (χ4n) is 1.59. The van der Waals surface area contributed by atoms with E-state index in [0.29, 0.717) is 11.3 Å². The van der Waals surface area contributed by atoms with Crippen LogP contribution < -0.4 is 5.32 Å². The molecular formula is C14H12F2N2O2. The van der Waals surface area contributed by atoms with Gasteiger partial charge in [0.05, 0.1) is 30.6 Å². The number of nitrogens with zero attached hydrogens (tertiary/aromatic N) is 1. The van der Waals surface area contributed by atoms with Gasteiger partial charge in [-0.05, 0) is 24.3 Å². The molecule has 6 heteroatoms. The molecule has 0 aliphatic rings. The highest BCUT2D eigenvalue weighted by atomic mass is 19.2. The first-order chi connectivity index (χ1) is 9.61. The average Bonchev–Trinajstić information content (AvgIpc) is 2.48. The molecule has 104 valence electrons. The maximum absolute atomic E-state index is 13.4. The summed E-state index contributed by atoms with van der Waals surface area (Å²) < 4.78 is 31.0. The quantitative estimate of drug-likeness (QED) is 0.874. The monoisotopic (exact) mass is 278 g/mol. The van der Waals surface area contributed by atoms with Crippen LogP contribution >= 0.6 is 0 Å². The standard InChI is InChI=1S/C14H12F2N2O2/c1-20-14(19)9-5-6-10(17-7-9)8-18-12-4-2-3-11(15)13(12)16/h2-7,18H,8H2,1H3. The third-order valence-electron chi connectivity index (χ3n) is 2.66. The number of pyridine rings is 1. The third kappa shape index (κ3) is 3.09. The molecular weight excluding hydrogens is 266 g/mol. The van der Waals surface area contributed by atoms with Crippen LogP contribution in [0.5, 0.6) is 0 Å². The Kier molecular flexibility index (Phi) is 4.24. The summed E-state index contributed by atoms with van der Waals surface area (Å²) in [6, 6.07) is 7.05. The van der Waals surface area contributed by atoms with Crippen molar-refractivity contribution in [1.82, 2.24) is 4.98 Å². The van der Waals surface area contributed by atoms with E-state index in [1.165, 1.54) is 25.4 Å². The van der Waals surface area contributed by atoms with Crippen molar-refractivity contribution in [3.63, 3.8) is 0 Å². The van der Waals surface area contributed by atoms with Crippen LogP contribution in [0.3, 0.4) is 0 Å². The zero-order valence-corrected chi connectivity index (χ0v) is 10.7. The van der Waals surface area contributed by atoms with Gasteiger partial charge in [-0.1, -0.05) is 6.07 Å². The number of ether oxygens (including phenoxy) is 1. The average molecular weight is 278 g/mol. The van der Waals surface area contributed by atoms with Crippen molar-refractivity contribution in [3.05, 3.63) is 59.4 Å². The van der Waals surface area contributed by atoms with Gasteiger partial charge in [-0.2, -0.15) is 0 Å². The van der Waals surface area contributed by atoms with E-state index >= 15 is 0 Å². The molecule has 0 unspecified atom stereocenters. The predicted octanol–water partition coefficient (Wildman–Crippen LogP) is 2.76. The first-order valence-electron chi connectivity index (χ1n) is 5.83. The molecule has 1 N–H and O–H groups in total. The molecule has 0 fully saturated rings. The van der Waals surface area contributed by atoms with Gasteiger partial charge in [0.15, 0.2) is 11.6 Å². The van der Waals surface area contributed by atoms with Crippen LogP contribution in [0.2, 0.25) is 0 Å². The number of esters is 1. The zero-order valence-electron chi connectivity index (χ0n) is 10.7. The summed E-state index contributed by atoms with van der Waals surface area (Å²) in [6.45, 7) is 0.210. The fraction of sp³-hybridized carbons (Fsp3) is 0.143.